The summed E-state index contributed by atoms with van der Waals surface area (Å²) in [7, 11) is 0. The molecule has 0 saturated carbocycles. The van der Waals surface area contributed by atoms with Gasteiger partial charge in [0.05, 0.1) is 0 Å². The standard InChI is InChI=1S/C16H25N3O2/c1-13(2)6-10-19(14(3)20)11-7-16(21)18-12-15-4-8-17-9-5-15/h4-5,8-9,13H,6-7,10-12H2,1-3H3,(H,18,21). The first-order valence-electron chi connectivity index (χ1n) is 7.40. The summed E-state index contributed by atoms with van der Waals surface area (Å²) >= 11 is 0. The topological polar surface area (TPSA) is 62.3 Å². The summed E-state index contributed by atoms with van der Waals surface area (Å²) in [5, 5.41) is 2.85. The van der Waals surface area contributed by atoms with Crippen LogP contribution in [0.3, 0.4) is 0 Å². The molecular formula is C16H25N3O2. The van der Waals surface area contributed by atoms with Crippen molar-refractivity contribution in [3.05, 3.63) is 30.1 Å². The molecule has 0 aliphatic carbocycles. The molecule has 0 aliphatic heterocycles. The number of amides is 2. The average Bonchev–Trinajstić information content (AvgIpc) is 2.45. The second kappa shape index (κ2) is 9.10. The van der Waals surface area contributed by atoms with Gasteiger partial charge in [-0.3, -0.25) is 14.6 Å². The monoisotopic (exact) mass is 291 g/mol. The Hall–Kier alpha value is -1.91. The minimum atomic E-state index is -0.0393. The molecule has 5 heteroatoms. The summed E-state index contributed by atoms with van der Waals surface area (Å²) in [4.78, 5) is 29.0. The third kappa shape index (κ3) is 7.44. The van der Waals surface area contributed by atoms with Gasteiger partial charge in [-0.25, -0.2) is 0 Å². The van der Waals surface area contributed by atoms with Crippen LogP contribution in [0.25, 0.3) is 0 Å². The van der Waals surface area contributed by atoms with Gasteiger partial charge in [0.25, 0.3) is 0 Å². The minimum Gasteiger partial charge on any atom is -0.352 e. The van der Waals surface area contributed by atoms with Gasteiger partial charge in [0.1, 0.15) is 0 Å². The van der Waals surface area contributed by atoms with E-state index in [9.17, 15) is 9.59 Å². The van der Waals surface area contributed by atoms with Gasteiger partial charge in [-0.1, -0.05) is 13.8 Å². The van der Waals surface area contributed by atoms with Gasteiger partial charge in [0, 0.05) is 45.4 Å². The summed E-state index contributed by atoms with van der Waals surface area (Å²) in [5.74, 6) is 0.535. The Bertz CT molecular complexity index is 446. The van der Waals surface area contributed by atoms with Crippen molar-refractivity contribution in [1.29, 1.82) is 0 Å². The van der Waals surface area contributed by atoms with Crippen LogP contribution in [0.1, 0.15) is 39.2 Å². The zero-order chi connectivity index (χ0) is 15.7. The van der Waals surface area contributed by atoms with Crippen LogP contribution in [0.15, 0.2) is 24.5 Å². The van der Waals surface area contributed by atoms with Gasteiger partial charge in [-0.05, 0) is 30.0 Å². The maximum atomic E-state index is 11.8. The van der Waals surface area contributed by atoms with E-state index < -0.39 is 0 Å². The van der Waals surface area contributed by atoms with Crippen LogP contribution in [0.4, 0.5) is 0 Å². The molecule has 0 unspecified atom stereocenters. The second-order valence-electron chi connectivity index (χ2n) is 5.57. The molecular weight excluding hydrogens is 266 g/mol. The maximum Gasteiger partial charge on any atom is 0.222 e. The number of rotatable bonds is 8. The molecule has 1 aromatic heterocycles. The Morgan fingerprint density at radius 2 is 1.90 bits per heavy atom. The first-order chi connectivity index (χ1) is 9.99. The van der Waals surface area contributed by atoms with Gasteiger partial charge in [0.15, 0.2) is 0 Å². The fourth-order valence-corrected chi connectivity index (χ4v) is 1.87. The Kier molecular flexibility index (Phi) is 7.43. The summed E-state index contributed by atoms with van der Waals surface area (Å²) in [6.07, 6.45) is 4.69. The van der Waals surface area contributed by atoms with Crippen molar-refractivity contribution in [3.63, 3.8) is 0 Å². The van der Waals surface area contributed by atoms with Crippen LogP contribution in [-0.4, -0.2) is 34.8 Å². The van der Waals surface area contributed by atoms with E-state index in [2.05, 4.69) is 24.1 Å². The lowest BCUT2D eigenvalue weighted by Crippen LogP contribution is -2.34. The molecule has 0 bridgehead atoms. The van der Waals surface area contributed by atoms with Crippen LogP contribution < -0.4 is 5.32 Å². The quantitative estimate of drug-likeness (QED) is 0.796. The van der Waals surface area contributed by atoms with Crippen molar-refractivity contribution in [2.24, 2.45) is 5.92 Å². The van der Waals surface area contributed by atoms with Gasteiger partial charge in [-0.2, -0.15) is 0 Å². The zero-order valence-electron chi connectivity index (χ0n) is 13.1. The van der Waals surface area contributed by atoms with Crippen molar-refractivity contribution in [1.82, 2.24) is 15.2 Å². The molecule has 1 rings (SSSR count). The van der Waals surface area contributed by atoms with Crippen molar-refractivity contribution in [2.75, 3.05) is 13.1 Å². The van der Waals surface area contributed by atoms with E-state index in [4.69, 9.17) is 0 Å². The van der Waals surface area contributed by atoms with E-state index in [1.807, 2.05) is 12.1 Å². The fourth-order valence-electron chi connectivity index (χ4n) is 1.87. The maximum absolute atomic E-state index is 11.8. The predicted octanol–water partition coefficient (Wildman–Crippen LogP) is 1.98. The average molecular weight is 291 g/mol. The number of nitrogens with zero attached hydrogens (tertiary/aromatic N) is 2. The van der Waals surface area contributed by atoms with Crippen LogP contribution in [-0.2, 0) is 16.1 Å². The number of hydrogen-bond donors (Lipinski definition) is 1. The highest BCUT2D eigenvalue weighted by Gasteiger charge is 2.11. The first-order valence-corrected chi connectivity index (χ1v) is 7.40. The molecule has 5 nitrogen and oxygen atoms in total. The van der Waals surface area contributed by atoms with E-state index in [0.29, 0.717) is 32.0 Å². The molecule has 1 N–H and O–H groups in total. The largest absolute Gasteiger partial charge is 0.352 e. The lowest BCUT2D eigenvalue weighted by Gasteiger charge is -2.21. The zero-order valence-corrected chi connectivity index (χ0v) is 13.1. The number of nitrogens with one attached hydrogen (secondary N) is 1. The Morgan fingerprint density at radius 1 is 1.24 bits per heavy atom. The van der Waals surface area contributed by atoms with Crippen LogP contribution in [0, 0.1) is 5.92 Å². The molecule has 0 spiro atoms. The highest BCUT2D eigenvalue weighted by Crippen LogP contribution is 2.03. The number of aromatic nitrogens is 1. The Labute approximate surface area is 126 Å². The SMILES string of the molecule is CC(=O)N(CCC(=O)NCc1ccncc1)CCC(C)C. The summed E-state index contributed by atoms with van der Waals surface area (Å²) in [6, 6.07) is 3.73. The van der Waals surface area contributed by atoms with E-state index in [0.717, 1.165) is 12.0 Å². The van der Waals surface area contributed by atoms with E-state index in [1.54, 1.807) is 24.2 Å². The molecule has 0 radical (unpaired) electrons. The first kappa shape index (κ1) is 17.1. The third-order valence-electron chi connectivity index (χ3n) is 3.27. The molecule has 0 fully saturated rings. The highest BCUT2D eigenvalue weighted by molar-refractivity contribution is 5.78. The van der Waals surface area contributed by atoms with Gasteiger partial charge >= 0.3 is 0 Å². The Balaban J connectivity index is 2.31. The summed E-state index contributed by atoms with van der Waals surface area (Å²) < 4.78 is 0. The third-order valence-corrected chi connectivity index (χ3v) is 3.27. The molecule has 21 heavy (non-hydrogen) atoms. The molecule has 0 saturated heterocycles. The molecule has 0 aromatic carbocycles. The van der Waals surface area contributed by atoms with Crippen molar-refractivity contribution in [3.8, 4) is 0 Å². The van der Waals surface area contributed by atoms with E-state index in [-0.39, 0.29) is 11.8 Å². The van der Waals surface area contributed by atoms with Crippen LogP contribution in [0.2, 0.25) is 0 Å². The molecule has 2 amide bonds. The smallest absolute Gasteiger partial charge is 0.222 e. The molecule has 1 heterocycles. The lowest BCUT2D eigenvalue weighted by atomic mass is 10.1. The Morgan fingerprint density at radius 3 is 2.48 bits per heavy atom. The fraction of sp³-hybridized carbons (Fsp3) is 0.562. The minimum absolute atomic E-state index is 0.0255. The van der Waals surface area contributed by atoms with Crippen molar-refractivity contribution in [2.45, 2.75) is 40.2 Å². The molecule has 1 aromatic rings. The van der Waals surface area contributed by atoms with Gasteiger partial charge in [0.2, 0.25) is 11.8 Å². The van der Waals surface area contributed by atoms with E-state index in [1.165, 1.54) is 0 Å². The highest BCUT2D eigenvalue weighted by atomic mass is 16.2. The lowest BCUT2D eigenvalue weighted by molar-refractivity contribution is -0.129. The molecule has 116 valence electrons. The predicted molar refractivity (Wildman–Crippen MR) is 82.4 cm³/mol. The van der Waals surface area contributed by atoms with Crippen molar-refractivity contribution >= 4 is 11.8 Å². The van der Waals surface area contributed by atoms with Crippen LogP contribution in [0.5, 0.6) is 0 Å². The second-order valence-corrected chi connectivity index (χ2v) is 5.57. The normalized spacial score (nSPS) is 10.5. The van der Waals surface area contributed by atoms with Gasteiger partial charge in [-0.15, -0.1) is 0 Å². The molecule has 0 atom stereocenters. The van der Waals surface area contributed by atoms with E-state index >= 15 is 0 Å². The summed E-state index contributed by atoms with van der Waals surface area (Å²) in [6.45, 7) is 7.48. The van der Waals surface area contributed by atoms with Crippen LogP contribution >= 0.6 is 0 Å². The van der Waals surface area contributed by atoms with Gasteiger partial charge < -0.3 is 10.2 Å². The number of carbonyl (C=O) groups excluding carboxylic acids is 2. The number of hydrogen-bond acceptors (Lipinski definition) is 3. The molecule has 0 aliphatic rings. The number of carbonyl (C=O) groups is 2. The van der Waals surface area contributed by atoms with Crippen molar-refractivity contribution < 1.29 is 9.59 Å². The summed E-state index contributed by atoms with van der Waals surface area (Å²) in [5.41, 5.74) is 1.02. The number of pyridine rings is 1.